The first kappa shape index (κ1) is 16.9. The number of anilines is 1. The predicted molar refractivity (Wildman–Crippen MR) is 80.7 cm³/mol. The molecule has 0 heterocycles. The molecular formula is C16H26FNO2. The molecule has 2 unspecified atom stereocenters. The molecule has 0 aromatic heterocycles. The van der Waals surface area contributed by atoms with E-state index in [-0.39, 0.29) is 5.82 Å². The van der Waals surface area contributed by atoms with Gasteiger partial charge in [-0.05, 0) is 44.9 Å². The molecule has 1 N–H and O–H groups in total. The highest BCUT2D eigenvalue weighted by Crippen LogP contribution is 2.31. The van der Waals surface area contributed by atoms with Crippen LogP contribution in [0.4, 0.5) is 10.1 Å². The molecule has 114 valence electrons. The van der Waals surface area contributed by atoms with Gasteiger partial charge in [-0.3, -0.25) is 0 Å². The summed E-state index contributed by atoms with van der Waals surface area (Å²) in [6.45, 7) is 8.97. The predicted octanol–water partition coefficient (Wildman–Crippen LogP) is 3.44. The lowest BCUT2D eigenvalue weighted by atomic mass is 10.0. The van der Waals surface area contributed by atoms with Crippen LogP contribution in [-0.2, 0) is 4.74 Å². The van der Waals surface area contributed by atoms with Crippen molar-refractivity contribution in [2.24, 2.45) is 0 Å². The van der Waals surface area contributed by atoms with E-state index in [0.29, 0.717) is 23.8 Å². The van der Waals surface area contributed by atoms with E-state index in [1.54, 1.807) is 21.0 Å². The zero-order chi connectivity index (χ0) is 15.3. The molecule has 20 heavy (non-hydrogen) atoms. The lowest BCUT2D eigenvalue weighted by Gasteiger charge is -2.33. The number of aryl methyl sites for hydroxylation is 1. The molecule has 0 aliphatic heterocycles. The molecule has 1 aromatic rings. The first-order chi connectivity index (χ1) is 9.42. The zero-order valence-corrected chi connectivity index (χ0v) is 13.1. The molecule has 0 saturated heterocycles. The summed E-state index contributed by atoms with van der Waals surface area (Å²) < 4.78 is 18.9. The summed E-state index contributed by atoms with van der Waals surface area (Å²) in [6, 6.07) is 3.56. The number of hydrogen-bond donors (Lipinski definition) is 1. The van der Waals surface area contributed by atoms with Crippen LogP contribution in [0.15, 0.2) is 12.1 Å². The van der Waals surface area contributed by atoms with E-state index < -0.39 is 6.10 Å². The highest BCUT2D eigenvalue weighted by molar-refractivity contribution is 5.57. The maximum absolute atomic E-state index is 13.8. The summed E-state index contributed by atoms with van der Waals surface area (Å²) >= 11 is 0. The van der Waals surface area contributed by atoms with Gasteiger partial charge >= 0.3 is 0 Å². The SMILES string of the molecule is CCC(C)N(CCOC)c1cc(C)c(F)cc1C(C)O. The van der Waals surface area contributed by atoms with Crippen LogP contribution >= 0.6 is 0 Å². The molecule has 0 spiro atoms. The van der Waals surface area contributed by atoms with Crippen LogP contribution in [0.3, 0.4) is 0 Å². The monoisotopic (exact) mass is 283 g/mol. The molecule has 3 nitrogen and oxygen atoms in total. The largest absolute Gasteiger partial charge is 0.389 e. The van der Waals surface area contributed by atoms with Crippen LogP contribution in [0, 0.1) is 12.7 Å². The van der Waals surface area contributed by atoms with Crippen molar-refractivity contribution in [1.82, 2.24) is 0 Å². The second-order valence-corrected chi connectivity index (χ2v) is 5.28. The molecule has 4 heteroatoms. The van der Waals surface area contributed by atoms with Crippen molar-refractivity contribution in [3.05, 3.63) is 29.1 Å². The third-order valence-corrected chi connectivity index (χ3v) is 3.73. The van der Waals surface area contributed by atoms with E-state index in [4.69, 9.17) is 4.74 Å². The van der Waals surface area contributed by atoms with Crippen LogP contribution in [-0.4, -0.2) is 31.4 Å². The third-order valence-electron chi connectivity index (χ3n) is 3.73. The van der Waals surface area contributed by atoms with Crippen molar-refractivity contribution < 1.29 is 14.2 Å². The summed E-state index contributed by atoms with van der Waals surface area (Å²) in [5, 5.41) is 9.92. The Hall–Kier alpha value is -1.13. The fourth-order valence-electron chi connectivity index (χ4n) is 2.25. The van der Waals surface area contributed by atoms with E-state index in [0.717, 1.165) is 18.7 Å². The molecule has 0 amide bonds. The number of hydrogen-bond acceptors (Lipinski definition) is 3. The first-order valence-corrected chi connectivity index (χ1v) is 7.16. The minimum atomic E-state index is -0.700. The maximum Gasteiger partial charge on any atom is 0.126 e. The molecule has 0 aliphatic carbocycles. The Bertz CT molecular complexity index is 435. The first-order valence-electron chi connectivity index (χ1n) is 7.16. The Morgan fingerprint density at radius 3 is 2.50 bits per heavy atom. The number of aliphatic hydroxyl groups is 1. The Kier molecular flexibility index (Phi) is 6.43. The molecule has 0 bridgehead atoms. The Morgan fingerprint density at radius 1 is 1.35 bits per heavy atom. The van der Waals surface area contributed by atoms with Gasteiger partial charge < -0.3 is 14.7 Å². The van der Waals surface area contributed by atoms with Gasteiger partial charge in [0.1, 0.15) is 5.82 Å². The molecule has 2 atom stereocenters. The van der Waals surface area contributed by atoms with Crippen molar-refractivity contribution in [3.63, 3.8) is 0 Å². The molecule has 0 saturated carbocycles. The summed E-state index contributed by atoms with van der Waals surface area (Å²) in [4.78, 5) is 2.18. The average Bonchev–Trinajstić information content (AvgIpc) is 2.41. The number of ether oxygens (including phenoxy) is 1. The maximum atomic E-state index is 13.8. The third kappa shape index (κ3) is 3.93. The quantitative estimate of drug-likeness (QED) is 0.832. The lowest BCUT2D eigenvalue weighted by molar-refractivity contribution is 0.196. The van der Waals surface area contributed by atoms with Gasteiger partial charge in [0.2, 0.25) is 0 Å². The van der Waals surface area contributed by atoms with Crippen molar-refractivity contribution in [2.75, 3.05) is 25.2 Å². The number of methoxy groups -OCH3 is 1. The Balaban J connectivity index is 3.26. The van der Waals surface area contributed by atoms with Crippen LogP contribution < -0.4 is 4.90 Å². The van der Waals surface area contributed by atoms with Crippen molar-refractivity contribution >= 4 is 5.69 Å². The number of halogens is 1. The Labute approximate surface area is 121 Å². The zero-order valence-electron chi connectivity index (χ0n) is 13.1. The fraction of sp³-hybridized carbons (Fsp3) is 0.625. The van der Waals surface area contributed by atoms with Gasteiger partial charge in [-0.2, -0.15) is 0 Å². The average molecular weight is 283 g/mol. The van der Waals surface area contributed by atoms with Crippen LogP contribution in [0.5, 0.6) is 0 Å². The van der Waals surface area contributed by atoms with Crippen LogP contribution in [0.2, 0.25) is 0 Å². The fourth-order valence-corrected chi connectivity index (χ4v) is 2.25. The van der Waals surface area contributed by atoms with Crippen LogP contribution in [0.1, 0.15) is 44.4 Å². The van der Waals surface area contributed by atoms with E-state index in [1.165, 1.54) is 6.07 Å². The van der Waals surface area contributed by atoms with Gasteiger partial charge in [-0.1, -0.05) is 6.92 Å². The van der Waals surface area contributed by atoms with Crippen molar-refractivity contribution in [1.29, 1.82) is 0 Å². The van der Waals surface area contributed by atoms with Gasteiger partial charge in [0.15, 0.2) is 0 Å². The molecule has 1 rings (SSSR count). The number of benzene rings is 1. The minimum Gasteiger partial charge on any atom is -0.389 e. The van der Waals surface area contributed by atoms with E-state index >= 15 is 0 Å². The smallest absolute Gasteiger partial charge is 0.126 e. The van der Waals surface area contributed by atoms with Crippen molar-refractivity contribution in [3.8, 4) is 0 Å². The summed E-state index contributed by atoms with van der Waals surface area (Å²) in [7, 11) is 1.67. The summed E-state index contributed by atoms with van der Waals surface area (Å²) in [6.07, 6.45) is 0.272. The normalized spacial score (nSPS) is 14.2. The van der Waals surface area contributed by atoms with Crippen LogP contribution in [0.25, 0.3) is 0 Å². The van der Waals surface area contributed by atoms with E-state index in [2.05, 4.69) is 18.7 Å². The second-order valence-electron chi connectivity index (χ2n) is 5.28. The lowest BCUT2D eigenvalue weighted by Crippen LogP contribution is -2.36. The summed E-state index contributed by atoms with van der Waals surface area (Å²) in [5.41, 5.74) is 2.12. The summed E-state index contributed by atoms with van der Waals surface area (Å²) in [5.74, 6) is -0.277. The highest BCUT2D eigenvalue weighted by Gasteiger charge is 2.20. The molecule has 0 fully saturated rings. The van der Waals surface area contributed by atoms with Gasteiger partial charge in [-0.25, -0.2) is 4.39 Å². The van der Waals surface area contributed by atoms with E-state index in [9.17, 15) is 9.50 Å². The molecule has 1 aromatic carbocycles. The minimum absolute atomic E-state index is 0.277. The van der Waals surface area contributed by atoms with Gasteiger partial charge in [0.05, 0.1) is 12.7 Å². The number of aliphatic hydroxyl groups excluding tert-OH is 1. The van der Waals surface area contributed by atoms with E-state index in [1.807, 2.05) is 6.07 Å². The molecular weight excluding hydrogens is 257 g/mol. The number of nitrogens with zero attached hydrogens (tertiary/aromatic N) is 1. The molecule has 0 radical (unpaired) electrons. The van der Waals surface area contributed by atoms with Gasteiger partial charge in [0, 0.05) is 30.9 Å². The topological polar surface area (TPSA) is 32.7 Å². The standard InChI is InChI=1S/C16H26FNO2/c1-6-12(3)18(7-8-20-5)16-9-11(2)15(17)10-14(16)13(4)19/h9-10,12-13,19H,6-8H2,1-5H3. The second kappa shape index (κ2) is 7.60. The number of rotatable bonds is 7. The Morgan fingerprint density at radius 2 is 2.00 bits per heavy atom. The van der Waals surface area contributed by atoms with Gasteiger partial charge in [0.25, 0.3) is 0 Å². The van der Waals surface area contributed by atoms with Crippen molar-refractivity contribution in [2.45, 2.75) is 46.3 Å². The van der Waals surface area contributed by atoms with Gasteiger partial charge in [-0.15, -0.1) is 0 Å². The molecule has 0 aliphatic rings. The highest BCUT2D eigenvalue weighted by atomic mass is 19.1.